The first-order valence-electron chi connectivity index (χ1n) is 10.3. The summed E-state index contributed by atoms with van der Waals surface area (Å²) in [6, 6.07) is 9.14. The minimum Gasteiger partial charge on any atom is -0.353 e. The molecule has 1 unspecified atom stereocenters. The van der Waals surface area contributed by atoms with Gasteiger partial charge in [0.15, 0.2) is 5.96 Å². The fourth-order valence-corrected chi connectivity index (χ4v) is 4.19. The molecule has 2 aromatic rings. The van der Waals surface area contributed by atoms with Crippen LogP contribution in [0.4, 0.5) is 0 Å². The molecule has 7 nitrogen and oxygen atoms in total. The zero-order chi connectivity index (χ0) is 19.5. The van der Waals surface area contributed by atoms with Crippen molar-refractivity contribution >= 4 is 22.8 Å². The number of benzene rings is 1. The Bertz CT molecular complexity index is 851. The Kier molecular flexibility index (Phi) is 5.50. The van der Waals surface area contributed by atoms with E-state index >= 15 is 0 Å². The van der Waals surface area contributed by atoms with Gasteiger partial charge in [-0.05, 0) is 25.3 Å². The third-order valence-corrected chi connectivity index (χ3v) is 5.86. The maximum absolute atomic E-state index is 12.1. The Morgan fingerprint density at radius 3 is 2.82 bits per heavy atom. The van der Waals surface area contributed by atoms with Crippen molar-refractivity contribution in [3.8, 4) is 0 Å². The van der Waals surface area contributed by atoms with Crippen molar-refractivity contribution in [1.29, 1.82) is 0 Å². The van der Waals surface area contributed by atoms with Crippen LogP contribution in [-0.4, -0.2) is 71.2 Å². The van der Waals surface area contributed by atoms with Crippen LogP contribution in [0.3, 0.4) is 0 Å². The minimum absolute atomic E-state index is 0.0274. The molecule has 1 atom stereocenters. The summed E-state index contributed by atoms with van der Waals surface area (Å²) in [5.41, 5.74) is 1.18. The van der Waals surface area contributed by atoms with Gasteiger partial charge >= 0.3 is 0 Å². The molecule has 150 valence electrons. The predicted octanol–water partition coefficient (Wildman–Crippen LogP) is 2.26. The molecule has 28 heavy (non-hydrogen) atoms. The summed E-state index contributed by atoms with van der Waals surface area (Å²) in [6.45, 7) is 1.97. The highest BCUT2D eigenvalue weighted by atomic mass is 16.2. The van der Waals surface area contributed by atoms with Crippen LogP contribution in [0.1, 0.15) is 38.1 Å². The number of para-hydroxylation sites is 1. The topological polar surface area (TPSA) is 65.8 Å². The molecule has 1 saturated carbocycles. The van der Waals surface area contributed by atoms with Gasteiger partial charge in [0.1, 0.15) is 6.54 Å². The van der Waals surface area contributed by atoms with Gasteiger partial charge in [-0.1, -0.05) is 31.0 Å². The van der Waals surface area contributed by atoms with Crippen molar-refractivity contribution in [2.75, 3.05) is 33.7 Å². The zero-order valence-corrected chi connectivity index (χ0v) is 16.8. The Morgan fingerprint density at radius 1 is 1.25 bits per heavy atom. The molecule has 0 radical (unpaired) electrons. The quantitative estimate of drug-likeness (QED) is 0.651. The van der Waals surface area contributed by atoms with E-state index in [1.54, 1.807) is 19.0 Å². The van der Waals surface area contributed by atoms with E-state index < -0.39 is 0 Å². The third-order valence-electron chi connectivity index (χ3n) is 5.86. The number of amides is 1. The number of nitrogens with one attached hydrogen (secondary N) is 1. The lowest BCUT2D eigenvalue weighted by Gasteiger charge is -2.25. The Hall–Kier alpha value is -2.57. The lowest BCUT2D eigenvalue weighted by Crippen LogP contribution is -2.45. The van der Waals surface area contributed by atoms with Gasteiger partial charge in [0.2, 0.25) is 5.91 Å². The third kappa shape index (κ3) is 3.98. The van der Waals surface area contributed by atoms with E-state index in [1.165, 1.54) is 36.6 Å². The van der Waals surface area contributed by atoms with Crippen molar-refractivity contribution in [2.24, 2.45) is 4.99 Å². The van der Waals surface area contributed by atoms with Gasteiger partial charge in [-0.2, -0.15) is 5.10 Å². The number of guanidine groups is 1. The summed E-state index contributed by atoms with van der Waals surface area (Å²) in [7, 11) is 3.55. The maximum Gasteiger partial charge on any atom is 0.243 e. The zero-order valence-electron chi connectivity index (χ0n) is 16.8. The van der Waals surface area contributed by atoms with Gasteiger partial charge in [0, 0.05) is 38.6 Å². The number of hydrogen-bond donors (Lipinski definition) is 1. The number of aliphatic imine (C=N–C) groups is 1. The van der Waals surface area contributed by atoms with Gasteiger partial charge in [-0.3, -0.25) is 9.48 Å². The van der Waals surface area contributed by atoms with Crippen molar-refractivity contribution in [3.05, 3.63) is 30.5 Å². The second kappa shape index (κ2) is 8.20. The van der Waals surface area contributed by atoms with Crippen LogP contribution in [0.25, 0.3) is 10.9 Å². The van der Waals surface area contributed by atoms with Crippen LogP contribution < -0.4 is 5.32 Å². The Labute approximate surface area is 166 Å². The van der Waals surface area contributed by atoms with Crippen LogP contribution in [0.2, 0.25) is 0 Å². The number of carbonyl (C=O) groups is 1. The standard InChI is InChI=1S/C21H30N6O/c1-25(2)20(28)14-22-21(24-17-8-4-5-9-17)26-12-11-18(15-26)27-19-10-6-3-7-16(19)13-23-27/h3,6-7,10,13,17-18H,4-5,8-9,11-12,14-15H2,1-2H3,(H,22,24). The van der Waals surface area contributed by atoms with Crippen molar-refractivity contribution in [3.63, 3.8) is 0 Å². The minimum atomic E-state index is 0.0274. The molecule has 1 aliphatic carbocycles. The summed E-state index contributed by atoms with van der Waals surface area (Å²) in [5.74, 6) is 0.903. The lowest BCUT2D eigenvalue weighted by atomic mass is 10.2. The van der Waals surface area contributed by atoms with Crippen LogP contribution in [-0.2, 0) is 4.79 Å². The molecule has 1 saturated heterocycles. The summed E-state index contributed by atoms with van der Waals surface area (Å²) >= 11 is 0. The van der Waals surface area contributed by atoms with Crippen LogP contribution >= 0.6 is 0 Å². The summed E-state index contributed by atoms with van der Waals surface area (Å²) in [4.78, 5) is 20.6. The summed E-state index contributed by atoms with van der Waals surface area (Å²) < 4.78 is 2.15. The molecular formula is C21H30N6O. The average Bonchev–Trinajstić information content (AvgIpc) is 3.44. The van der Waals surface area contributed by atoms with Crippen molar-refractivity contribution in [1.82, 2.24) is 24.9 Å². The normalized spacial score (nSPS) is 20.9. The largest absolute Gasteiger partial charge is 0.353 e. The fraction of sp³-hybridized carbons (Fsp3) is 0.571. The molecule has 2 aliphatic rings. The average molecular weight is 383 g/mol. The maximum atomic E-state index is 12.1. The molecule has 1 aromatic carbocycles. The van der Waals surface area contributed by atoms with Crippen LogP contribution in [0.15, 0.2) is 35.5 Å². The first-order valence-corrected chi connectivity index (χ1v) is 10.3. The van der Waals surface area contributed by atoms with E-state index in [0.717, 1.165) is 25.5 Å². The molecule has 4 rings (SSSR count). The molecule has 2 heterocycles. The monoisotopic (exact) mass is 382 g/mol. The molecular weight excluding hydrogens is 352 g/mol. The second-order valence-electron chi connectivity index (χ2n) is 8.09. The van der Waals surface area contributed by atoms with E-state index in [-0.39, 0.29) is 12.5 Å². The van der Waals surface area contributed by atoms with Crippen LogP contribution in [0.5, 0.6) is 0 Å². The highest BCUT2D eigenvalue weighted by Gasteiger charge is 2.29. The smallest absolute Gasteiger partial charge is 0.243 e. The molecule has 7 heteroatoms. The Balaban J connectivity index is 1.50. The number of aromatic nitrogens is 2. The lowest BCUT2D eigenvalue weighted by molar-refractivity contribution is -0.127. The molecule has 1 aliphatic heterocycles. The number of fused-ring (bicyclic) bond motifs is 1. The first-order chi connectivity index (χ1) is 13.6. The predicted molar refractivity (Wildman–Crippen MR) is 111 cm³/mol. The number of rotatable bonds is 4. The van der Waals surface area contributed by atoms with E-state index in [0.29, 0.717) is 12.1 Å². The molecule has 1 N–H and O–H groups in total. The molecule has 2 fully saturated rings. The van der Waals surface area contributed by atoms with Crippen LogP contribution in [0, 0.1) is 0 Å². The van der Waals surface area contributed by atoms with Crippen molar-refractivity contribution in [2.45, 2.75) is 44.2 Å². The number of hydrogen-bond acceptors (Lipinski definition) is 3. The highest BCUT2D eigenvalue weighted by molar-refractivity contribution is 5.85. The summed E-state index contributed by atoms with van der Waals surface area (Å²) in [6.07, 6.45) is 7.87. The molecule has 0 spiro atoms. The number of likely N-dealkylation sites (N-methyl/N-ethyl adjacent to an activating group) is 1. The molecule has 0 bridgehead atoms. The number of carbonyl (C=O) groups excluding carboxylic acids is 1. The van der Waals surface area contributed by atoms with E-state index in [4.69, 9.17) is 0 Å². The van der Waals surface area contributed by atoms with Gasteiger partial charge in [0.25, 0.3) is 0 Å². The van der Waals surface area contributed by atoms with Gasteiger partial charge < -0.3 is 15.1 Å². The summed E-state index contributed by atoms with van der Waals surface area (Å²) in [5, 5.41) is 9.45. The van der Waals surface area contributed by atoms with Crippen molar-refractivity contribution < 1.29 is 4.79 Å². The molecule has 1 amide bonds. The highest BCUT2D eigenvalue weighted by Crippen LogP contribution is 2.26. The SMILES string of the molecule is CN(C)C(=O)CN=C(NC1CCCC1)N1CCC(n2ncc3ccccc32)C1. The van der Waals surface area contributed by atoms with E-state index in [1.807, 2.05) is 12.3 Å². The van der Waals surface area contributed by atoms with E-state index in [9.17, 15) is 4.79 Å². The van der Waals surface area contributed by atoms with Gasteiger partial charge in [-0.15, -0.1) is 0 Å². The van der Waals surface area contributed by atoms with Gasteiger partial charge in [0.05, 0.1) is 17.8 Å². The number of nitrogens with zero attached hydrogens (tertiary/aromatic N) is 5. The fourth-order valence-electron chi connectivity index (χ4n) is 4.19. The number of likely N-dealkylation sites (tertiary alicyclic amines) is 1. The van der Waals surface area contributed by atoms with Gasteiger partial charge in [-0.25, -0.2) is 4.99 Å². The second-order valence-corrected chi connectivity index (χ2v) is 8.09. The first kappa shape index (κ1) is 18.8. The van der Waals surface area contributed by atoms with E-state index in [2.05, 4.69) is 43.2 Å². The molecule has 1 aromatic heterocycles. The Morgan fingerprint density at radius 2 is 2.04 bits per heavy atom.